The number of aromatic nitrogens is 1. The van der Waals surface area contributed by atoms with Crippen LogP contribution < -0.4 is 0 Å². The number of carbonyl (C=O) groups is 2. The molecule has 3 aromatic carbocycles. The van der Waals surface area contributed by atoms with E-state index in [-0.39, 0.29) is 18.4 Å². The Bertz CT molecular complexity index is 1200. The van der Waals surface area contributed by atoms with Crippen LogP contribution >= 0.6 is 11.3 Å². The van der Waals surface area contributed by atoms with Crippen LogP contribution in [0.4, 0.5) is 0 Å². The summed E-state index contributed by atoms with van der Waals surface area (Å²) in [4.78, 5) is 31.3. The lowest BCUT2D eigenvalue weighted by atomic mass is 10.1. The van der Waals surface area contributed by atoms with Gasteiger partial charge in [0.2, 0.25) is 0 Å². The number of imide groups is 1. The molecule has 0 saturated carbocycles. The third-order valence-corrected chi connectivity index (χ3v) is 5.86. The first-order valence-electron chi connectivity index (χ1n) is 9.26. The summed E-state index contributed by atoms with van der Waals surface area (Å²) in [6, 6.07) is 24.9. The summed E-state index contributed by atoms with van der Waals surface area (Å²) in [6.45, 7) is 0.247. The maximum Gasteiger partial charge on any atom is 0.261 e. The van der Waals surface area contributed by atoms with Crippen molar-refractivity contribution in [1.29, 1.82) is 0 Å². The van der Waals surface area contributed by atoms with E-state index >= 15 is 0 Å². The molecule has 0 atom stereocenters. The third-order valence-electron chi connectivity index (χ3n) is 4.97. The van der Waals surface area contributed by atoms with E-state index < -0.39 is 0 Å². The van der Waals surface area contributed by atoms with Crippen LogP contribution in [0.1, 0.15) is 26.3 Å². The van der Waals surface area contributed by atoms with E-state index in [0.29, 0.717) is 11.1 Å². The molecule has 0 saturated heterocycles. The number of hydrogen-bond donors (Lipinski definition) is 0. The average molecular weight is 396 g/mol. The summed E-state index contributed by atoms with van der Waals surface area (Å²) in [6.07, 6.45) is 0. The van der Waals surface area contributed by atoms with Crippen LogP contribution in [-0.2, 0) is 6.54 Å². The molecule has 140 valence electrons. The van der Waals surface area contributed by atoms with Gasteiger partial charge in [0.05, 0.1) is 23.4 Å². The van der Waals surface area contributed by atoms with Gasteiger partial charge in [0.1, 0.15) is 5.01 Å². The monoisotopic (exact) mass is 396 g/mol. The summed E-state index contributed by atoms with van der Waals surface area (Å²) in [5.74, 6) is -0.478. The highest BCUT2D eigenvalue weighted by molar-refractivity contribution is 7.13. The number of fused-ring (bicyclic) bond motifs is 1. The Morgan fingerprint density at radius 2 is 1.41 bits per heavy atom. The van der Waals surface area contributed by atoms with Gasteiger partial charge in [0.15, 0.2) is 0 Å². The van der Waals surface area contributed by atoms with Crippen molar-refractivity contribution in [2.75, 3.05) is 0 Å². The van der Waals surface area contributed by atoms with E-state index in [1.807, 2.05) is 60.0 Å². The molecule has 1 aliphatic rings. The first-order chi connectivity index (χ1) is 14.2. The van der Waals surface area contributed by atoms with Crippen molar-refractivity contribution in [3.8, 4) is 21.8 Å². The lowest BCUT2D eigenvalue weighted by Gasteiger charge is -2.14. The van der Waals surface area contributed by atoms with Crippen LogP contribution in [0.2, 0.25) is 0 Å². The van der Waals surface area contributed by atoms with Gasteiger partial charge in [-0.15, -0.1) is 11.3 Å². The quantitative estimate of drug-likeness (QED) is 0.441. The van der Waals surface area contributed by atoms with E-state index in [1.165, 1.54) is 4.90 Å². The average Bonchev–Trinajstić information content (AvgIpc) is 3.35. The number of hydrogen-bond acceptors (Lipinski definition) is 4. The fourth-order valence-corrected chi connectivity index (χ4v) is 4.34. The maximum absolute atomic E-state index is 12.6. The van der Waals surface area contributed by atoms with Crippen molar-refractivity contribution in [2.45, 2.75) is 6.54 Å². The summed E-state index contributed by atoms with van der Waals surface area (Å²) < 4.78 is 0. The van der Waals surface area contributed by atoms with Crippen LogP contribution in [0.15, 0.2) is 84.2 Å². The minimum Gasteiger partial charge on any atom is -0.270 e. The molecule has 4 aromatic rings. The summed E-state index contributed by atoms with van der Waals surface area (Å²) >= 11 is 1.58. The van der Waals surface area contributed by atoms with Crippen LogP contribution in [0.5, 0.6) is 0 Å². The lowest BCUT2D eigenvalue weighted by molar-refractivity contribution is 0.0642. The zero-order valence-corrected chi connectivity index (χ0v) is 16.2. The van der Waals surface area contributed by atoms with E-state index in [2.05, 4.69) is 0 Å². The minimum atomic E-state index is -0.239. The number of amides is 2. The zero-order valence-electron chi connectivity index (χ0n) is 15.4. The predicted molar refractivity (Wildman–Crippen MR) is 114 cm³/mol. The number of thiazole rings is 1. The largest absolute Gasteiger partial charge is 0.270 e. The molecule has 5 heteroatoms. The third kappa shape index (κ3) is 3.15. The van der Waals surface area contributed by atoms with Crippen molar-refractivity contribution in [3.05, 3.63) is 101 Å². The molecule has 29 heavy (non-hydrogen) atoms. The molecule has 0 fully saturated rings. The second kappa shape index (κ2) is 7.11. The molecule has 0 N–H and O–H groups in total. The topological polar surface area (TPSA) is 50.3 Å². The van der Waals surface area contributed by atoms with Gasteiger partial charge in [-0.3, -0.25) is 14.5 Å². The van der Waals surface area contributed by atoms with Crippen molar-refractivity contribution >= 4 is 23.2 Å². The molecule has 1 aromatic heterocycles. The molecule has 0 aliphatic carbocycles. The Balaban J connectivity index is 1.41. The van der Waals surface area contributed by atoms with Gasteiger partial charge in [-0.25, -0.2) is 4.98 Å². The van der Waals surface area contributed by atoms with E-state index in [0.717, 1.165) is 27.4 Å². The van der Waals surface area contributed by atoms with Crippen molar-refractivity contribution in [3.63, 3.8) is 0 Å². The summed E-state index contributed by atoms with van der Waals surface area (Å²) in [7, 11) is 0. The predicted octanol–water partition coefficient (Wildman–Crippen LogP) is 5.27. The number of nitrogens with zero attached hydrogens (tertiary/aromatic N) is 2. The van der Waals surface area contributed by atoms with Gasteiger partial charge in [0, 0.05) is 16.5 Å². The van der Waals surface area contributed by atoms with Crippen LogP contribution in [0.3, 0.4) is 0 Å². The van der Waals surface area contributed by atoms with E-state index in [9.17, 15) is 9.59 Å². The molecule has 0 spiro atoms. The highest BCUT2D eigenvalue weighted by Crippen LogP contribution is 2.30. The normalized spacial score (nSPS) is 13.0. The molecule has 5 rings (SSSR count). The van der Waals surface area contributed by atoms with Gasteiger partial charge in [-0.2, -0.15) is 0 Å². The molecular formula is C24H16N2O2S. The number of rotatable bonds is 4. The van der Waals surface area contributed by atoms with Crippen molar-refractivity contribution in [1.82, 2.24) is 9.88 Å². The fourth-order valence-electron chi connectivity index (χ4n) is 3.52. The molecule has 2 heterocycles. The van der Waals surface area contributed by atoms with Crippen LogP contribution in [0, 0.1) is 0 Å². The van der Waals surface area contributed by atoms with Crippen LogP contribution in [0.25, 0.3) is 21.8 Å². The lowest BCUT2D eigenvalue weighted by Crippen LogP contribution is -2.29. The first kappa shape index (κ1) is 17.5. The van der Waals surface area contributed by atoms with Gasteiger partial charge in [0.25, 0.3) is 11.8 Å². The second-order valence-electron chi connectivity index (χ2n) is 6.85. The van der Waals surface area contributed by atoms with Crippen molar-refractivity contribution in [2.24, 2.45) is 0 Å². The Labute approximate surface area is 172 Å². The molecule has 1 aliphatic heterocycles. The second-order valence-corrected chi connectivity index (χ2v) is 7.70. The molecule has 2 amide bonds. The number of carbonyl (C=O) groups excluding carboxylic acids is 2. The molecule has 0 bridgehead atoms. The highest BCUT2D eigenvalue weighted by Gasteiger charge is 2.34. The van der Waals surface area contributed by atoms with Crippen LogP contribution in [-0.4, -0.2) is 21.7 Å². The Hall–Kier alpha value is -3.57. The SMILES string of the molecule is O=C1c2ccccc2C(=O)N1Cc1cccc(-c2nc(-c3ccccc3)cs2)c1. The van der Waals surface area contributed by atoms with Gasteiger partial charge < -0.3 is 0 Å². The standard InChI is InChI=1S/C24H16N2O2S/c27-23-19-11-4-5-12-20(19)24(28)26(23)14-16-7-6-10-18(13-16)22-25-21(15-29-22)17-8-2-1-3-9-17/h1-13,15H,14H2. The summed E-state index contributed by atoms with van der Waals surface area (Å²) in [5, 5.41) is 2.95. The Kier molecular flexibility index (Phi) is 4.30. The smallest absolute Gasteiger partial charge is 0.261 e. The fraction of sp³-hybridized carbons (Fsp3) is 0.0417. The molecular weight excluding hydrogens is 380 g/mol. The number of benzene rings is 3. The molecule has 0 unspecified atom stereocenters. The van der Waals surface area contributed by atoms with Gasteiger partial charge in [-0.1, -0.05) is 60.7 Å². The van der Waals surface area contributed by atoms with Gasteiger partial charge in [-0.05, 0) is 23.8 Å². The Morgan fingerprint density at radius 3 is 2.14 bits per heavy atom. The Morgan fingerprint density at radius 1 is 0.759 bits per heavy atom. The first-order valence-corrected chi connectivity index (χ1v) is 10.1. The maximum atomic E-state index is 12.6. The minimum absolute atomic E-state index is 0.239. The molecule has 0 radical (unpaired) electrons. The van der Waals surface area contributed by atoms with Gasteiger partial charge >= 0.3 is 0 Å². The van der Waals surface area contributed by atoms with E-state index in [4.69, 9.17) is 4.98 Å². The highest BCUT2D eigenvalue weighted by atomic mass is 32.1. The summed E-state index contributed by atoms with van der Waals surface area (Å²) in [5.41, 5.74) is 4.84. The zero-order chi connectivity index (χ0) is 19.8. The van der Waals surface area contributed by atoms with Crippen molar-refractivity contribution < 1.29 is 9.59 Å². The molecule has 4 nitrogen and oxygen atoms in total. The van der Waals surface area contributed by atoms with E-state index in [1.54, 1.807) is 35.6 Å².